The summed E-state index contributed by atoms with van der Waals surface area (Å²) in [5, 5.41) is 13.1. The first-order valence-corrected chi connectivity index (χ1v) is 7.09. The smallest absolute Gasteiger partial charge is 0.327 e. The monoisotopic (exact) mass is 302 g/mol. The van der Waals surface area contributed by atoms with Crippen molar-refractivity contribution in [3.63, 3.8) is 0 Å². The largest absolute Gasteiger partial charge is 0.480 e. The van der Waals surface area contributed by atoms with Gasteiger partial charge >= 0.3 is 5.97 Å². The van der Waals surface area contributed by atoms with Gasteiger partial charge in [-0.2, -0.15) is 0 Å². The van der Waals surface area contributed by atoms with E-state index in [2.05, 4.69) is 5.32 Å². The summed E-state index contributed by atoms with van der Waals surface area (Å²) in [7, 11) is 0. The standard InChI is InChI=1S/C16H15ClN2O2/c17-12-6-7-14-11(8-12)9-19(10-15(18-14)16(20)21)13-4-2-1-3-5-13/h1-8,15,18H,9-10H2,(H,20,21). The van der Waals surface area contributed by atoms with Gasteiger partial charge in [-0.25, -0.2) is 4.79 Å². The van der Waals surface area contributed by atoms with Crippen molar-refractivity contribution in [2.24, 2.45) is 0 Å². The highest BCUT2D eigenvalue weighted by Crippen LogP contribution is 2.28. The van der Waals surface area contributed by atoms with Gasteiger partial charge in [0.2, 0.25) is 0 Å². The van der Waals surface area contributed by atoms with Crippen molar-refractivity contribution >= 4 is 28.9 Å². The second-order valence-electron chi connectivity index (χ2n) is 5.05. The summed E-state index contributed by atoms with van der Waals surface area (Å²) in [5.41, 5.74) is 2.82. The molecule has 4 nitrogen and oxygen atoms in total. The number of nitrogens with zero attached hydrogens (tertiary/aromatic N) is 1. The number of benzene rings is 2. The first-order chi connectivity index (χ1) is 10.1. The molecule has 2 N–H and O–H groups in total. The molecule has 0 aromatic heterocycles. The van der Waals surface area contributed by atoms with Gasteiger partial charge in [0.05, 0.1) is 0 Å². The quantitative estimate of drug-likeness (QED) is 0.894. The first kappa shape index (κ1) is 13.8. The number of para-hydroxylation sites is 1. The molecule has 0 saturated heterocycles. The number of carboxylic acids is 1. The van der Waals surface area contributed by atoms with Gasteiger partial charge in [0, 0.05) is 29.5 Å². The van der Waals surface area contributed by atoms with Crippen molar-refractivity contribution in [1.29, 1.82) is 0 Å². The number of carbonyl (C=O) groups is 1. The number of hydrogen-bond acceptors (Lipinski definition) is 3. The van der Waals surface area contributed by atoms with Crippen molar-refractivity contribution in [3.05, 3.63) is 59.1 Å². The van der Waals surface area contributed by atoms with E-state index in [0.29, 0.717) is 18.1 Å². The maximum atomic E-state index is 11.4. The molecule has 1 atom stereocenters. The van der Waals surface area contributed by atoms with Crippen LogP contribution in [0.4, 0.5) is 11.4 Å². The van der Waals surface area contributed by atoms with Crippen LogP contribution in [0.2, 0.25) is 5.02 Å². The summed E-state index contributed by atoms with van der Waals surface area (Å²) in [6.07, 6.45) is 0. The summed E-state index contributed by atoms with van der Waals surface area (Å²) >= 11 is 6.06. The second kappa shape index (κ2) is 5.66. The van der Waals surface area contributed by atoms with E-state index in [0.717, 1.165) is 16.9 Å². The third-order valence-corrected chi connectivity index (χ3v) is 3.82. The van der Waals surface area contributed by atoms with Crippen molar-refractivity contribution in [2.75, 3.05) is 16.8 Å². The zero-order chi connectivity index (χ0) is 14.8. The normalized spacial score (nSPS) is 17.6. The van der Waals surface area contributed by atoms with E-state index in [4.69, 9.17) is 11.6 Å². The number of aliphatic carboxylic acids is 1. The van der Waals surface area contributed by atoms with Crippen molar-refractivity contribution in [3.8, 4) is 0 Å². The lowest BCUT2D eigenvalue weighted by Crippen LogP contribution is -2.39. The Bertz CT molecular complexity index is 661. The molecule has 1 heterocycles. The third-order valence-electron chi connectivity index (χ3n) is 3.58. The van der Waals surface area contributed by atoms with Crippen molar-refractivity contribution in [2.45, 2.75) is 12.6 Å². The molecule has 1 aliphatic heterocycles. The molecule has 21 heavy (non-hydrogen) atoms. The van der Waals surface area contributed by atoms with Crippen molar-refractivity contribution < 1.29 is 9.90 Å². The SMILES string of the molecule is O=C(O)C1CN(c2ccccc2)Cc2cc(Cl)ccc2N1. The van der Waals surface area contributed by atoms with Gasteiger partial charge in [-0.15, -0.1) is 0 Å². The topological polar surface area (TPSA) is 52.6 Å². The van der Waals surface area contributed by atoms with Gasteiger partial charge in [0.25, 0.3) is 0 Å². The van der Waals surface area contributed by atoms with Crippen LogP contribution in [-0.4, -0.2) is 23.7 Å². The van der Waals surface area contributed by atoms with E-state index in [1.54, 1.807) is 6.07 Å². The van der Waals surface area contributed by atoms with Gasteiger partial charge in [-0.1, -0.05) is 29.8 Å². The molecule has 2 aromatic rings. The Hall–Kier alpha value is -2.20. The van der Waals surface area contributed by atoms with Crippen LogP contribution in [0, 0.1) is 0 Å². The molecule has 0 aliphatic carbocycles. The summed E-state index contributed by atoms with van der Waals surface area (Å²) < 4.78 is 0. The van der Waals surface area contributed by atoms with Gasteiger partial charge in [-0.05, 0) is 35.9 Å². The number of nitrogens with one attached hydrogen (secondary N) is 1. The number of hydrogen-bond donors (Lipinski definition) is 2. The molecule has 5 heteroatoms. The van der Waals surface area contributed by atoms with E-state index < -0.39 is 12.0 Å². The van der Waals surface area contributed by atoms with Crippen LogP contribution in [0.1, 0.15) is 5.56 Å². The number of rotatable bonds is 2. The number of halogens is 1. The molecule has 0 radical (unpaired) electrons. The minimum Gasteiger partial charge on any atom is -0.480 e. The first-order valence-electron chi connectivity index (χ1n) is 6.71. The van der Waals surface area contributed by atoms with E-state index >= 15 is 0 Å². The van der Waals surface area contributed by atoms with E-state index in [1.165, 1.54) is 0 Å². The molecule has 0 bridgehead atoms. The molecule has 0 spiro atoms. The Morgan fingerprint density at radius 3 is 2.71 bits per heavy atom. The fraction of sp³-hybridized carbons (Fsp3) is 0.188. The summed E-state index contributed by atoms with van der Waals surface area (Å²) in [6, 6.07) is 14.6. The van der Waals surface area contributed by atoms with Crippen molar-refractivity contribution in [1.82, 2.24) is 0 Å². The Kier molecular flexibility index (Phi) is 3.71. The minimum atomic E-state index is -0.862. The Morgan fingerprint density at radius 2 is 2.00 bits per heavy atom. The predicted octanol–water partition coefficient (Wildman–Crippen LogP) is 3.23. The summed E-state index contributed by atoms with van der Waals surface area (Å²) in [5.74, 6) is -0.862. The second-order valence-corrected chi connectivity index (χ2v) is 5.49. The average molecular weight is 303 g/mol. The predicted molar refractivity (Wildman–Crippen MR) is 84.0 cm³/mol. The molecule has 1 aliphatic rings. The molecule has 0 fully saturated rings. The van der Waals surface area contributed by atoms with Crippen LogP contribution in [0.3, 0.4) is 0 Å². The highest BCUT2D eigenvalue weighted by Gasteiger charge is 2.26. The Labute approximate surface area is 128 Å². The highest BCUT2D eigenvalue weighted by molar-refractivity contribution is 6.30. The Balaban J connectivity index is 2.01. The minimum absolute atomic E-state index is 0.394. The van der Waals surface area contributed by atoms with Gasteiger partial charge in [0.1, 0.15) is 6.04 Å². The van der Waals surface area contributed by atoms with Crippen LogP contribution < -0.4 is 10.2 Å². The van der Waals surface area contributed by atoms with Crippen LogP contribution in [0.25, 0.3) is 0 Å². The highest BCUT2D eigenvalue weighted by atomic mass is 35.5. The van der Waals surface area contributed by atoms with Gasteiger partial charge < -0.3 is 15.3 Å². The van der Waals surface area contributed by atoms with Gasteiger partial charge in [-0.3, -0.25) is 0 Å². The Morgan fingerprint density at radius 1 is 1.24 bits per heavy atom. The molecule has 3 rings (SSSR count). The summed E-state index contributed by atoms with van der Waals surface area (Å²) in [6.45, 7) is 1.02. The lowest BCUT2D eigenvalue weighted by molar-refractivity contribution is -0.137. The molecular weight excluding hydrogens is 288 g/mol. The lowest BCUT2D eigenvalue weighted by Gasteiger charge is -2.24. The zero-order valence-corrected chi connectivity index (χ0v) is 12.0. The molecule has 2 aromatic carbocycles. The zero-order valence-electron chi connectivity index (χ0n) is 11.3. The van der Waals surface area contributed by atoms with Gasteiger partial charge in [0.15, 0.2) is 0 Å². The maximum Gasteiger partial charge on any atom is 0.327 e. The lowest BCUT2D eigenvalue weighted by atomic mass is 10.1. The maximum absolute atomic E-state index is 11.4. The van der Waals surface area contributed by atoms with Crippen LogP contribution in [-0.2, 0) is 11.3 Å². The molecule has 108 valence electrons. The third kappa shape index (κ3) is 2.95. The van der Waals surface area contributed by atoms with Crippen LogP contribution in [0.15, 0.2) is 48.5 Å². The van der Waals surface area contributed by atoms with Crippen LogP contribution >= 0.6 is 11.6 Å². The molecular formula is C16H15ClN2O2. The van der Waals surface area contributed by atoms with Crippen LogP contribution in [0.5, 0.6) is 0 Å². The molecule has 0 saturated carbocycles. The number of carboxylic acid groups (broad SMARTS) is 1. The molecule has 1 unspecified atom stereocenters. The van der Waals surface area contributed by atoms with E-state index in [9.17, 15) is 9.90 Å². The fourth-order valence-electron chi connectivity index (χ4n) is 2.53. The summed E-state index contributed by atoms with van der Waals surface area (Å²) in [4.78, 5) is 13.5. The van der Waals surface area contributed by atoms with E-state index in [-0.39, 0.29) is 0 Å². The van der Waals surface area contributed by atoms with E-state index in [1.807, 2.05) is 47.4 Å². The number of fused-ring (bicyclic) bond motifs is 1. The molecule has 0 amide bonds. The number of anilines is 2. The average Bonchev–Trinajstić information content (AvgIpc) is 2.67. The fourth-order valence-corrected chi connectivity index (χ4v) is 2.73.